The van der Waals surface area contributed by atoms with Crippen LogP contribution in [0, 0.1) is 6.92 Å². The highest BCUT2D eigenvalue weighted by Gasteiger charge is 2.38. The van der Waals surface area contributed by atoms with E-state index < -0.39 is 16.1 Å². The Bertz CT molecular complexity index is 657. The van der Waals surface area contributed by atoms with Crippen molar-refractivity contribution in [2.45, 2.75) is 24.8 Å². The van der Waals surface area contributed by atoms with Crippen molar-refractivity contribution in [2.24, 2.45) is 0 Å². The molecule has 1 fully saturated rings. The van der Waals surface area contributed by atoms with E-state index in [1.165, 1.54) is 17.5 Å². The molecule has 1 aliphatic heterocycles. The zero-order valence-electron chi connectivity index (χ0n) is 12.7. The van der Waals surface area contributed by atoms with E-state index in [1.54, 1.807) is 37.9 Å². The highest BCUT2D eigenvalue weighted by atomic mass is 32.2. The number of ether oxygens (including phenoxy) is 1. The summed E-state index contributed by atoms with van der Waals surface area (Å²) in [5, 5.41) is 0. The Hall–Kier alpha value is -1.60. The second kappa shape index (κ2) is 5.65. The van der Waals surface area contributed by atoms with E-state index in [9.17, 15) is 13.2 Å². The molecule has 1 amide bonds. The first-order valence-electron chi connectivity index (χ1n) is 6.70. The van der Waals surface area contributed by atoms with Crippen LogP contribution in [0.1, 0.15) is 12.5 Å². The quantitative estimate of drug-likeness (QED) is 0.830. The Labute approximate surface area is 125 Å². The summed E-state index contributed by atoms with van der Waals surface area (Å²) in [6.07, 6.45) is 0. The number of amides is 1. The molecule has 116 valence electrons. The lowest BCUT2D eigenvalue weighted by molar-refractivity contribution is -0.136. The lowest BCUT2D eigenvalue weighted by Crippen LogP contribution is -2.56. The molecule has 7 heteroatoms. The van der Waals surface area contributed by atoms with Crippen LogP contribution in [0.25, 0.3) is 0 Å². The molecule has 0 bridgehead atoms. The SMILES string of the molecule is COc1ccc(S(=O)(=O)N2CCN(C)C(=O)C2C)c(C)c1. The van der Waals surface area contributed by atoms with Gasteiger partial charge in [-0.1, -0.05) is 0 Å². The van der Waals surface area contributed by atoms with Gasteiger partial charge in [-0.25, -0.2) is 8.42 Å². The predicted molar refractivity (Wildman–Crippen MR) is 78.7 cm³/mol. The summed E-state index contributed by atoms with van der Waals surface area (Å²) in [5.74, 6) is 0.421. The van der Waals surface area contributed by atoms with Gasteiger partial charge in [0, 0.05) is 20.1 Å². The maximum absolute atomic E-state index is 12.8. The van der Waals surface area contributed by atoms with Crippen molar-refractivity contribution in [3.8, 4) is 5.75 Å². The topological polar surface area (TPSA) is 66.9 Å². The van der Waals surface area contributed by atoms with Gasteiger partial charge in [0.05, 0.1) is 12.0 Å². The Balaban J connectivity index is 2.40. The first kappa shape index (κ1) is 15.8. The molecule has 6 nitrogen and oxygen atoms in total. The molecule has 1 unspecified atom stereocenters. The third-order valence-electron chi connectivity index (χ3n) is 3.79. The van der Waals surface area contributed by atoms with Crippen molar-refractivity contribution < 1.29 is 17.9 Å². The fraction of sp³-hybridized carbons (Fsp3) is 0.500. The molecular weight excluding hydrogens is 292 g/mol. The van der Waals surface area contributed by atoms with Gasteiger partial charge in [-0.2, -0.15) is 4.31 Å². The second-order valence-electron chi connectivity index (χ2n) is 5.18. The molecule has 1 aromatic rings. The summed E-state index contributed by atoms with van der Waals surface area (Å²) >= 11 is 0. The standard InChI is InChI=1S/C14H20N2O4S/c1-10-9-12(20-4)5-6-13(10)21(18,19)16-8-7-15(3)14(17)11(16)2/h5-6,9,11H,7-8H2,1-4H3. The average molecular weight is 312 g/mol. The van der Waals surface area contributed by atoms with Crippen LogP contribution in [0.2, 0.25) is 0 Å². The van der Waals surface area contributed by atoms with Crippen LogP contribution in [0.3, 0.4) is 0 Å². The Morgan fingerprint density at radius 2 is 1.95 bits per heavy atom. The smallest absolute Gasteiger partial charge is 0.244 e. The van der Waals surface area contributed by atoms with Crippen LogP contribution in [-0.4, -0.2) is 56.8 Å². The van der Waals surface area contributed by atoms with Gasteiger partial charge in [-0.05, 0) is 37.6 Å². The molecule has 0 spiro atoms. The van der Waals surface area contributed by atoms with Crippen LogP contribution in [-0.2, 0) is 14.8 Å². The molecule has 0 aromatic heterocycles. The maximum atomic E-state index is 12.8. The number of piperazine rings is 1. The van der Waals surface area contributed by atoms with Gasteiger partial charge in [0.2, 0.25) is 15.9 Å². The number of aryl methyl sites for hydroxylation is 1. The number of benzene rings is 1. The first-order valence-corrected chi connectivity index (χ1v) is 8.14. The number of methoxy groups -OCH3 is 1. The van der Waals surface area contributed by atoms with Gasteiger partial charge in [-0.15, -0.1) is 0 Å². The van der Waals surface area contributed by atoms with E-state index in [0.29, 0.717) is 24.4 Å². The van der Waals surface area contributed by atoms with Crippen LogP contribution in [0.15, 0.2) is 23.1 Å². The lowest BCUT2D eigenvalue weighted by atomic mass is 10.2. The van der Waals surface area contributed by atoms with Crippen molar-refractivity contribution in [1.29, 1.82) is 0 Å². The fourth-order valence-corrected chi connectivity index (χ4v) is 4.27. The molecule has 0 radical (unpaired) electrons. The third kappa shape index (κ3) is 2.75. The number of nitrogens with zero attached hydrogens (tertiary/aromatic N) is 2. The molecule has 1 saturated heterocycles. The summed E-state index contributed by atoms with van der Waals surface area (Å²) in [6, 6.07) is 4.13. The van der Waals surface area contributed by atoms with Gasteiger partial charge in [-0.3, -0.25) is 4.79 Å². The Morgan fingerprint density at radius 3 is 2.52 bits per heavy atom. The lowest BCUT2D eigenvalue weighted by Gasteiger charge is -2.36. The normalized spacial score (nSPS) is 20.7. The molecule has 0 aliphatic carbocycles. The van der Waals surface area contributed by atoms with Crippen LogP contribution in [0.5, 0.6) is 5.75 Å². The van der Waals surface area contributed by atoms with Gasteiger partial charge < -0.3 is 9.64 Å². The summed E-state index contributed by atoms with van der Waals surface area (Å²) in [4.78, 5) is 13.8. The molecular formula is C14H20N2O4S. The molecule has 2 rings (SSSR count). The number of hydrogen-bond donors (Lipinski definition) is 0. The number of carbonyl (C=O) groups is 1. The highest BCUT2D eigenvalue weighted by molar-refractivity contribution is 7.89. The number of sulfonamides is 1. The van der Waals surface area contributed by atoms with Crippen molar-refractivity contribution in [3.05, 3.63) is 23.8 Å². The number of likely N-dealkylation sites (N-methyl/N-ethyl adjacent to an activating group) is 1. The van der Waals surface area contributed by atoms with Crippen molar-refractivity contribution in [3.63, 3.8) is 0 Å². The molecule has 0 saturated carbocycles. The summed E-state index contributed by atoms with van der Waals surface area (Å²) < 4.78 is 31.9. The van der Waals surface area contributed by atoms with E-state index in [0.717, 1.165) is 0 Å². The minimum Gasteiger partial charge on any atom is -0.497 e. The van der Waals surface area contributed by atoms with Gasteiger partial charge in [0.1, 0.15) is 11.8 Å². The molecule has 1 heterocycles. The minimum absolute atomic E-state index is 0.184. The molecule has 1 atom stereocenters. The van der Waals surface area contributed by atoms with Crippen molar-refractivity contribution >= 4 is 15.9 Å². The Kier molecular flexibility index (Phi) is 4.25. The van der Waals surface area contributed by atoms with Gasteiger partial charge in [0.15, 0.2) is 0 Å². The van der Waals surface area contributed by atoms with Crippen molar-refractivity contribution in [2.75, 3.05) is 27.2 Å². The zero-order valence-corrected chi connectivity index (χ0v) is 13.5. The molecule has 1 aliphatic rings. The summed E-state index contributed by atoms with van der Waals surface area (Å²) in [5.41, 5.74) is 0.605. The van der Waals surface area contributed by atoms with Gasteiger partial charge >= 0.3 is 0 Å². The average Bonchev–Trinajstić information content (AvgIpc) is 2.44. The molecule has 21 heavy (non-hydrogen) atoms. The van der Waals surface area contributed by atoms with E-state index in [2.05, 4.69) is 0 Å². The van der Waals surface area contributed by atoms with Crippen LogP contribution < -0.4 is 4.74 Å². The van der Waals surface area contributed by atoms with Crippen molar-refractivity contribution in [1.82, 2.24) is 9.21 Å². The minimum atomic E-state index is -3.69. The fourth-order valence-electron chi connectivity index (χ4n) is 2.49. The number of carbonyl (C=O) groups excluding carboxylic acids is 1. The number of hydrogen-bond acceptors (Lipinski definition) is 4. The van der Waals surface area contributed by atoms with E-state index in [-0.39, 0.29) is 10.8 Å². The monoisotopic (exact) mass is 312 g/mol. The van der Waals surface area contributed by atoms with Crippen LogP contribution in [0.4, 0.5) is 0 Å². The first-order chi connectivity index (χ1) is 9.78. The summed E-state index contributed by atoms with van der Waals surface area (Å²) in [7, 11) is -0.479. The van der Waals surface area contributed by atoms with Crippen LogP contribution >= 0.6 is 0 Å². The van der Waals surface area contributed by atoms with Gasteiger partial charge in [0.25, 0.3) is 0 Å². The predicted octanol–water partition coefficient (Wildman–Crippen LogP) is 0.855. The maximum Gasteiger partial charge on any atom is 0.244 e. The van der Waals surface area contributed by atoms with E-state index in [1.807, 2.05) is 0 Å². The summed E-state index contributed by atoms with van der Waals surface area (Å²) in [6.45, 7) is 4.04. The molecule has 1 aromatic carbocycles. The highest BCUT2D eigenvalue weighted by Crippen LogP contribution is 2.26. The third-order valence-corrected chi connectivity index (χ3v) is 5.92. The largest absolute Gasteiger partial charge is 0.497 e. The zero-order chi connectivity index (χ0) is 15.8. The van der Waals surface area contributed by atoms with E-state index >= 15 is 0 Å². The number of rotatable bonds is 3. The molecule has 0 N–H and O–H groups in total. The second-order valence-corrected chi connectivity index (χ2v) is 7.04. The van der Waals surface area contributed by atoms with E-state index in [4.69, 9.17) is 4.74 Å². The Morgan fingerprint density at radius 1 is 1.29 bits per heavy atom.